The number of hydrogen-bond donors (Lipinski definition) is 3. The Bertz CT molecular complexity index is 354. The van der Waals surface area contributed by atoms with Gasteiger partial charge in [-0.2, -0.15) is 26.3 Å². The van der Waals surface area contributed by atoms with E-state index in [1.165, 1.54) is 6.92 Å². The summed E-state index contributed by atoms with van der Waals surface area (Å²) in [5, 5.41) is 27.4. The fourth-order valence-corrected chi connectivity index (χ4v) is 2.38. The lowest BCUT2D eigenvalue weighted by atomic mass is 9.82. The van der Waals surface area contributed by atoms with Crippen LogP contribution in [0.4, 0.5) is 26.3 Å². The summed E-state index contributed by atoms with van der Waals surface area (Å²) < 4.78 is 81.7. The second-order valence-corrected chi connectivity index (χ2v) is 6.10. The molecule has 0 aliphatic heterocycles. The first kappa shape index (κ1) is 23.4. The van der Waals surface area contributed by atoms with Gasteiger partial charge in [-0.1, -0.05) is 13.3 Å². The number of rotatable bonds is 11. The molecule has 0 aliphatic rings. The Morgan fingerprint density at radius 2 is 1.38 bits per heavy atom. The molecule has 1 atom stereocenters. The number of ether oxygens (including phenoxy) is 1. The van der Waals surface area contributed by atoms with Crippen LogP contribution >= 0.6 is 0 Å². The Hall–Kier alpha value is -0.580. The van der Waals surface area contributed by atoms with Crippen LogP contribution in [-0.4, -0.2) is 60.7 Å². The molecule has 0 aromatic rings. The van der Waals surface area contributed by atoms with Crippen molar-refractivity contribution in [2.45, 2.75) is 45.0 Å². The van der Waals surface area contributed by atoms with Crippen molar-refractivity contribution in [3.8, 4) is 0 Å². The maximum atomic E-state index is 13.1. The van der Waals surface area contributed by atoms with E-state index in [9.17, 15) is 26.3 Å². The molecule has 0 aromatic carbocycles. The lowest BCUT2D eigenvalue weighted by Crippen LogP contribution is -2.45. The minimum atomic E-state index is -4.73. The third-order valence-corrected chi connectivity index (χ3v) is 4.03. The van der Waals surface area contributed by atoms with Gasteiger partial charge in [-0.05, 0) is 12.8 Å². The van der Waals surface area contributed by atoms with Crippen molar-refractivity contribution in [1.82, 2.24) is 0 Å². The summed E-state index contributed by atoms with van der Waals surface area (Å²) in [6, 6.07) is 0. The highest BCUT2D eigenvalue weighted by Crippen LogP contribution is 2.42. The molecule has 24 heavy (non-hydrogen) atoms. The summed E-state index contributed by atoms with van der Waals surface area (Å²) in [5.74, 6) is 0. The number of aliphatic hydroxyl groups excluding tert-OH is 3. The highest BCUT2D eigenvalue weighted by atomic mass is 19.4. The topological polar surface area (TPSA) is 69.9 Å². The van der Waals surface area contributed by atoms with E-state index in [-0.39, 0.29) is 12.8 Å². The molecule has 0 saturated heterocycles. The van der Waals surface area contributed by atoms with Gasteiger partial charge in [0, 0.05) is 12.0 Å². The SMILES string of the molecule is CCCC(CO)(COCCC(CO)(CO)CC(F)(F)F)C(F)(F)F. The van der Waals surface area contributed by atoms with Gasteiger partial charge in [-0.3, -0.25) is 0 Å². The molecule has 4 nitrogen and oxygen atoms in total. The van der Waals surface area contributed by atoms with Gasteiger partial charge < -0.3 is 20.1 Å². The van der Waals surface area contributed by atoms with Gasteiger partial charge in [0.15, 0.2) is 0 Å². The van der Waals surface area contributed by atoms with Crippen LogP contribution in [0.15, 0.2) is 0 Å². The van der Waals surface area contributed by atoms with Gasteiger partial charge in [0.25, 0.3) is 0 Å². The first-order valence-corrected chi connectivity index (χ1v) is 7.45. The second kappa shape index (κ2) is 9.21. The van der Waals surface area contributed by atoms with E-state index in [2.05, 4.69) is 0 Å². The smallest absolute Gasteiger partial charge is 0.396 e. The van der Waals surface area contributed by atoms with Crippen LogP contribution in [-0.2, 0) is 4.74 Å². The average Bonchev–Trinajstić information content (AvgIpc) is 2.46. The number of alkyl halides is 6. The first-order chi connectivity index (χ1) is 10.9. The Labute approximate surface area is 136 Å². The summed E-state index contributed by atoms with van der Waals surface area (Å²) in [4.78, 5) is 0. The van der Waals surface area contributed by atoms with E-state index in [1.54, 1.807) is 0 Å². The predicted octanol–water partition coefficient (Wildman–Crippen LogP) is 2.66. The molecule has 0 bridgehead atoms. The number of aliphatic hydroxyl groups is 3. The third kappa shape index (κ3) is 6.73. The van der Waals surface area contributed by atoms with Crippen LogP contribution in [0.1, 0.15) is 32.6 Å². The zero-order valence-electron chi connectivity index (χ0n) is 13.4. The maximum absolute atomic E-state index is 13.1. The lowest BCUT2D eigenvalue weighted by molar-refractivity contribution is -0.255. The van der Waals surface area contributed by atoms with Crippen LogP contribution in [0.5, 0.6) is 0 Å². The lowest BCUT2D eigenvalue weighted by Gasteiger charge is -2.34. The molecule has 146 valence electrons. The Kier molecular flexibility index (Phi) is 8.99. The van der Waals surface area contributed by atoms with Gasteiger partial charge in [-0.15, -0.1) is 0 Å². The van der Waals surface area contributed by atoms with Gasteiger partial charge in [0.2, 0.25) is 0 Å². The molecule has 0 radical (unpaired) electrons. The normalized spacial score (nSPS) is 16.2. The molecule has 0 amide bonds. The molecule has 1 unspecified atom stereocenters. The third-order valence-electron chi connectivity index (χ3n) is 4.03. The maximum Gasteiger partial charge on any atom is 0.398 e. The minimum absolute atomic E-state index is 0.134. The zero-order chi connectivity index (χ0) is 19.1. The molecule has 0 rings (SSSR count). The predicted molar refractivity (Wildman–Crippen MR) is 73.2 cm³/mol. The van der Waals surface area contributed by atoms with E-state index >= 15 is 0 Å². The van der Waals surface area contributed by atoms with Crippen LogP contribution < -0.4 is 0 Å². The van der Waals surface area contributed by atoms with Crippen molar-refractivity contribution in [1.29, 1.82) is 0 Å². The van der Waals surface area contributed by atoms with E-state index in [0.717, 1.165) is 0 Å². The van der Waals surface area contributed by atoms with Crippen LogP contribution in [0.2, 0.25) is 0 Å². The summed E-state index contributed by atoms with van der Waals surface area (Å²) in [5.41, 5.74) is -4.39. The molecule has 0 aliphatic carbocycles. The van der Waals surface area contributed by atoms with Crippen LogP contribution in [0, 0.1) is 10.8 Å². The highest BCUT2D eigenvalue weighted by Gasteiger charge is 2.54. The van der Waals surface area contributed by atoms with E-state index in [1.807, 2.05) is 0 Å². The van der Waals surface area contributed by atoms with Crippen molar-refractivity contribution in [3.05, 3.63) is 0 Å². The standard InChI is InChI=1S/C14H24F6O4/c1-2-3-12(9-23,14(18,19)20)10-24-5-4-11(7-21,8-22)6-13(15,16)17/h21-23H,2-10H2,1H3. The van der Waals surface area contributed by atoms with Gasteiger partial charge in [-0.25, -0.2) is 0 Å². The summed E-state index contributed by atoms with van der Waals surface area (Å²) in [6.07, 6.45) is -11.6. The molecule has 0 aromatic heterocycles. The fourth-order valence-electron chi connectivity index (χ4n) is 2.38. The minimum Gasteiger partial charge on any atom is -0.396 e. The number of hydrogen-bond acceptors (Lipinski definition) is 4. The van der Waals surface area contributed by atoms with Crippen LogP contribution in [0.25, 0.3) is 0 Å². The van der Waals surface area contributed by atoms with E-state index < -0.39 is 69.1 Å². The van der Waals surface area contributed by atoms with E-state index in [4.69, 9.17) is 20.1 Å². The number of halogens is 6. The average molecular weight is 370 g/mol. The van der Waals surface area contributed by atoms with Crippen molar-refractivity contribution in [3.63, 3.8) is 0 Å². The molecule has 0 saturated carbocycles. The van der Waals surface area contributed by atoms with Crippen molar-refractivity contribution in [2.24, 2.45) is 10.8 Å². The van der Waals surface area contributed by atoms with E-state index in [0.29, 0.717) is 0 Å². The van der Waals surface area contributed by atoms with Crippen molar-refractivity contribution in [2.75, 3.05) is 33.0 Å². The molecular weight excluding hydrogens is 346 g/mol. The fraction of sp³-hybridized carbons (Fsp3) is 1.00. The van der Waals surface area contributed by atoms with Gasteiger partial charge in [0.05, 0.1) is 32.8 Å². The molecule has 3 N–H and O–H groups in total. The molecule has 10 heteroatoms. The molecule has 0 heterocycles. The Balaban J connectivity index is 4.81. The Morgan fingerprint density at radius 1 is 0.833 bits per heavy atom. The summed E-state index contributed by atoms with van der Waals surface area (Å²) in [7, 11) is 0. The highest BCUT2D eigenvalue weighted by molar-refractivity contribution is 4.86. The zero-order valence-corrected chi connectivity index (χ0v) is 13.4. The van der Waals surface area contributed by atoms with Gasteiger partial charge >= 0.3 is 12.4 Å². The van der Waals surface area contributed by atoms with Crippen molar-refractivity contribution >= 4 is 0 Å². The van der Waals surface area contributed by atoms with Gasteiger partial charge in [0.1, 0.15) is 5.41 Å². The largest absolute Gasteiger partial charge is 0.398 e. The molecule has 0 fully saturated rings. The summed E-state index contributed by atoms with van der Waals surface area (Å²) in [6.45, 7) is -3.07. The summed E-state index contributed by atoms with van der Waals surface area (Å²) >= 11 is 0. The second-order valence-electron chi connectivity index (χ2n) is 6.10. The molecule has 0 spiro atoms. The first-order valence-electron chi connectivity index (χ1n) is 7.45. The quantitative estimate of drug-likeness (QED) is 0.386. The molecular formula is C14H24F6O4. The monoisotopic (exact) mass is 370 g/mol. The Morgan fingerprint density at radius 3 is 1.71 bits per heavy atom. The van der Waals surface area contributed by atoms with Crippen molar-refractivity contribution < 1.29 is 46.4 Å². The van der Waals surface area contributed by atoms with Crippen LogP contribution in [0.3, 0.4) is 0 Å².